The number of hydrogen-bond acceptors (Lipinski definition) is 9. The first-order valence-electron chi connectivity index (χ1n) is 17.3. The number of oxazole rings is 2. The van der Waals surface area contributed by atoms with Gasteiger partial charge < -0.3 is 29.6 Å². The number of nitriles is 1. The van der Waals surface area contributed by atoms with Crippen LogP contribution in [0.1, 0.15) is 61.8 Å². The highest BCUT2D eigenvalue weighted by atomic mass is 16.4. The highest BCUT2D eigenvalue weighted by Gasteiger charge is 2.15. The highest BCUT2D eigenvalue weighted by Crippen LogP contribution is 2.24. The topological polar surface area (TPSA) is 141 Å². The average Bonchev–Trinajstić information content (AvgIpc) is 3.80. The van der Waals surface area contributed by atoms with Crippen LogP contribution >= 0.6 is 0 Å². The van der Waals surface area contributed by atoms with Crippen molar-refractivity contribution in [3.8, 4) is 6.07 Å². The lowest BCUT2D eigenvalue weighted by molar-refractivity contribution is 0.318. The standard InChI is InChI=1S/C20H24N4O2.C20H21N3O/c1-2-3-13-24(20-22-17-6-4-5-7-18(17)26-20)14-12-15-8-10-16(11-9-15)19(21)23-25;1-2-3-13-23(14-12-16-8-10-17(15-21)11-9-16)20-22-18-6-4-5-7-19(18)24-20/h4-11,25H,2-3,12-14H2,1H3,(H2,21,23);4-11H,2-3,12-14H2,1H3. The largest absolute Gasteiger partial charge is 0.423 e. The SMILES string of the molecule is CCCCN(CCc1ccc(C#N)cc1)c1nc2ccccc2o1.CCCCN(CCc1ccc(C(N)=NO)cc1)c1nc2ccccc2o1. The predicted octanol–water partition coefficient (Wildman–Crippen LogP) is 8.32. The van der Waals surface area contributed by atoms with Gasteiger partial charge in [-0.25, -0.2) is 0 Å². The molecule has 0 aliphatic carbocycles. The van der Waals surface area contributed by atoms with E-state index in [-0.39, 0.29) is 5.84 Å². The fourth-order valence-electron chi connectivity index (χ4n) is 5.47. The van der Waals surface area contributed by atoms with Crippen LogP contribution in [0.4, 0.5) is 12.0 Å². The number of benzene rings is 4. The number of oxime groups is 1. The molecule has 10 heteroatoms. The molecular formula is C40H45N7O3. The molecule has 0 atom stereocenters. The summed E-state index contributed by atoms with van der Waals surface area (Å²) < 4.78 is 11.9. The molecule has 258 valence electrons. The number of rotatable bonds is 15. The Kier molecular flexibility index (Phi) is 12.8. The zero-order valence-electron chi connectivity index (χ0n) is 28.8. The molecule has 6 rings (SSSR count). The second kappa shape index (κ2) is 18.1. The molecule has 0 saturated carbocycles. The summed E-state index contributed by atoms with van der Waals surface area (Å²) in [5.41, 5.74) is 12.8. The van der Waals surface area contributed by atoms with Crippen LogP contribution in [-0.2, 0) is 12.8 Å². The van der Waals surface area contributed by atoms with Crippen molar-refractivity contribution in [2.24, 2.45) is 10.9 Å². The van der Waals surface area contributed by atoms with E-state index in [1.54, 1.807) is 0 Å². The maximum atomic E-state index is 8.88. The number of nitrogens with two attached hydrogens (primary N) is 1. The lowest BCUT2D eigenvalue weighted by atomic mass is 10.1. The van der Waals surface area contributed by atoms with E-state index in [9.17, 15) is 0 Å². The number of anilines is 2. The highest BCUT2D eigenvalue weighted by molar-refractivity contribution is 5.97. The maximum absolute atomic E-state index is 8.88. The first kappa shape index (κ1) is 35.5. The van der Waals surface area contributed by atoms with Crippen LogP contribution in [0.2, 0.25) is 0 Å². The third-order valence-corrected chi connectivity index (χ3v) is 8.45. The Morgan fingerprint density at radius 2 is 1.16 bits per heavy atom. The van der Waals surface area contributed by atoms with Crippen molar-refractivity contribution < 1.29 is 14.0 Å². The fourth-order valence-corrected chi connectivity index (χ4v) is 5.47. The van der Waals surface area contributed by atoms with Crippen molar-refractivity contribution in [2.75, 3.05) is 36.0 Å². The third kappa shape index (κ3) is 9.63. The molecule has 0 amide bonds. The second-order valence-corrected chi connectivity index (χ2v) is 12.1. The van der Waals surface area contributed by atoms with Gasteiger partial charge in [0.05, 0.1) is 11.6 Å². The number of nitrogens with zero attached hydrogens (tertiary/aromatic N) is 6. The van der Waals surface area contributed by atoms with Gasteiger partial charge in [-0.15, -0.1) is 0 Å². The number of aromatic nitrogens is 2. The molecule has 4 aromatic carbocycles. The monoisotopic (exact) mass is 671 g/mol. The normalized spacial score (nSPS) is 11.3. The molecule has 3 N–H and O–H groups in total. The van der Waals surface area contributed by atoms with Gasteiger partial charge in [-0.1, -0.05) is 92.5 Å². The van der Waals surface area contributed by atoms with Crippen molar-refractivity contribution in [1.29, 1.82) is 5.26 Å². The van der Waals surface area contributed by atoms with E-state index >= 15 is 0 Å². The summed E-state index contributed by atoms with van der Waals surface area (Å²) in [7, 11) is 0. The first-order chi connectivity index (χ1) is 24.5. The average molecular weight is 672 g/mol. The number of amidine groups is 1. The Morgan fingerprint density at radius 1 is 0.700 bits per heavy atom. The van der Waals surface area contributed by atoms with Crippen LogP contribution in [0.5, 0.6) is 0 Å². The van der Waals surface area contributed by atoms with E-state index in [0.29, 0.717) is 23.2 Å². The Labute approximate surface area is 293 Å². The van der Waals surface area contributed by atoms with E-state index in [2.05, 4.69) is 44.8 Å². The Bertz CT molecular complexity index is 1930. The summed E-state index contributed by atoms with van der Waals surface area (Å²) >= 11 is 0. The van der Waals surface area contributed by atoms with Crippen molar-refractivity contribution >= 4 is 40.1 Å². The predicted molar refractivity (Wildman–Crippen MR) is 200 cm³/mol. The quantitative estimate of drug-likeness (QED) is 0.0477. The van der Waals surface area contributed by atoms with Gasteiger partial charge in [-0.3, -0.25) is 0 Å². The number of para-hydroxylation sites is 4. The Hall–Kier alpha value is -5.82. The minimum atomic E-state index is 0.118. The zero-order valence-corrected chi connectivity index (χ0v) is 28.8. The third-order valence-electron chi connectivity index (χ3n) is 8.45. The summed E-state index contributed by atoms with van der Waals surface area (Å²) in [5.74, 6) is 0.118. The smallest absolute Gasteiger partial charge is 0.298 e. The van der Waals surface area contributed by atoms with Crippen molar-refractivity contribution in [1.82, 2.24) is 9.97 Å². The molecule has 10 nitrogen and oxygen atoms in total. The minimum absolute atomic E-state index is 0.118. The van der Waals surface area contributed by atoms with Gasteiger partial charge >= 0.3 is 0 Å². The van der Waals surface area contributed by atoms with Gasteiger partial charge in [0.25, 0.3) is 12.0 Å². The molecule has 0 spiro atoms. The van der Waals surface area contributed by atoms with Crippen LogP contribution in [0.25, 0.3) is 22.2 Å². The summed E-state index contributed by atoms with van der Waals surface area (Å²) in [5, 5.41) is 20.6. The molecule has 50 heavy (non-hydrogen) atoms. The van der Waals surface area contributed by atoms with Gasteiger partial charge in [-0.2, -0.15) is 15.2 Å². The zero-order chi connectivity index (χ0) is 35.1. The van der Waals surface area contributed by atoms with E-state index in [1.165, 1.54) is 11.1 Å². The molecular weight excluding hydrogens is 626 g/mol. The van der Waals surface area contributed by atoms with Crippen LogP contribution < -0.4 is 15.5 Å². The number of fused-ring (bicyclic) bond motifs is 2. The van der Waals surface area contributed by atoms with Gasteiger partial charge in [0, 0.05) is 31.7 Å². The van der Waals surface area contributed by atoms with E-state index in [4.69, 9.17) is 25.0 Å². The molecule has 0 radical (unpaired) electrons. The molecule has 0 bridgehead atoms. The Balaban J connectivity index is 0.000000195. The molecule has 0 aliphatic rings. The van der Waals surface area contributed by atoms with E-state index in [1.807, 2.05) is 97.1 Å². The fraction of sp³-hybridized carbons (Fsp3) is 0.300. The van der Waals surface area contributed by atoms with Crippen LogP contribution in [-0.4, -0.2) is 47.2 Å². The van der Waals surface area contributed by atoms with Crippen molar-refractivity contribution in [3.05, 3.63) is 119 Å². The summed E-state index contributed by atoms with van der Waals surface area (Å²) in [6.07, 6.45) is 6.19. The van der Waals surface area contributed by atoms with E-state index in [0.717, 1.165) is 86.9 Å². The number of unbranched alkanes of at least 4 members (excludes halogenated alkanes) is 2. The van der Waals surface area contributed by atoms with Gasteiger partial charge in [-0.05, 0) is 73.2 Å². The molecule has 0 saturated heterocycles. The summed E-state index contributed by atoms with van der Waals surface area (Å²) in [6.45, 7) is 7.86. The van der Waals surface area contributed by atoms with Crippen LogP contribution in [0.15, 0.2) is 111 Å². The minimum Gasteiger partial charge on any atom is -0.423 e. The Morgan fingerprint density at radius 3 is 1.58 bits per heavy atom. The molecule has 0 aliphatic heterocycles. The summed E-state index contributed by atoms with van der Waals surface area (Å²) in [6, 6.07) is 34.7. The van der Waals surface area contributed by atoms with Crippen molar-refractivity contribution in [3.63, 3.8) is 0 Å². The molecule has 2 aromatic heterocycles. The molecule has 0 fully saturated rings. The maximum Gasteiger partial charge on any atom is 0.298 e. The van der Waals surface area contributed by atoms with Crippen LogP contribution in [0, 0.1) is 11.3 Å². The van der Waals surface area contributed by atoms with E-state index < -0.39 is 0 Å². The molecule has 6 aromatic rings. The van der Waals surface area contributed by atoms with Gasteiger partial charge in [0.15, 0.2) is 17.0 Å². The second-order valence-electron chi connectivity index (χ2n) is 12.1. The lowest BCUT2D eigenvalue weighted by Crippen LogP contribution is -2.27. The first-order valence-corrected chi connectivity index (χ1v) is 17.3. The van der Waals surface area contributed by atoms with Crippen LogP contribution in [0.3, 0.4) is 0 Å². The van der Waals surface area contributed by atoms with Gasteiger partial charge in [0.2, 0.25) is 0 Å². The number of hydrogen-bond donors (Lipinski definition) is 2. The molecule has 0 unspecified atom stereocenters. The lowest BCUT2D eigenvalue weighted by Gasteiger charge is -2.20. The van der Waals surface area contributed by atoms with Gasteiger partial charge in [0.1, 0.15) is 11.0 Å². The molecule has 2 heterocycles. The van der Waals surface area contributed by atoms with Crippen molar-refractivity contribution in [2.45, 2.75) is 52.4 Å². The summed E-state index contributed by atoms with van der Waals surface area (Å²) in [4.78, 5) is 13.7.